The highest BCUT2D eigenvalue weighted by Crippen LogP contribution is 2.23. The molecule has 0 bridgehead atoms. The highest BCUT2D eigenvalue weighted by molar-refractivity contribution is 5.93. The number of benzene rings is 1. The van der Waals surface area contributed by atoms with Crippen molar-refractivity contribution < 1.29 is 14.3 Å². The van der Waals surface area contributed by atoms with Gasteiger partial charge in [-0.05, 0) is 30.0 Å². The first-order chi connectivity index (χ1) is 8.33. The number of nitrogens with two attached hydrogens (primary N) is 1. The Labute approximate surface area is 108 Å². The van der Waals surface area contributed by atoms with Crippen molar-refractivity contribution >= 4 is 11.7 Å². The number of methoxy groups -OCH3 is 1. The molecule has 1 aromatic carbocycles. The van der Waals surface area contributed by atoms with Crippen molar-refractivity contribution in [2.75, 3.05) is 19.5 Å². The number of carbonyl (C=O) groups excluding carboxylic acids is 1. The van der Waals surface area contributed by atoms with Gasteiger partial charge in [-0.3, -0.25) is 0 Å². The van der Waals surface area contributed by atoms with E-state index in [2.05, 4.69) is 20.8 Å². The number of ether oxygens (including phenoxy) is 2. The van der Waals surface area contributed by atoms with Gasteiger partial charge in [-0.25, -0.2) is 4.79 Å². The molecule has 4 heteroatoms. The van der Waals surface area contributed by atoms with Crippen LogP contribution in [0.1, 0.15) is 37.6 Å². The van der Waals surface area contributed by atoms with Crippen molar-refractivity contribution in [1.29, 1.82) is 0 Å². The van der Waals surface area contributed by atoms with Crippen LogP contribution in [0.4, 0.5) is 5.69 Å². The zero-order valence-corrected chi connectivity index (χ0v) is 11.4. The first-order valence-electron chi connectivity index (χ1n) is 5.94. The first-order valence-corrected chi connectivity index (χ1v) is 5.94. The van der Waals surface area contributed by atoms with Crippen LogP contribution < -0.4 is 10.5 Å². The molecule has 0 aromatic heterocycles. The van der Waals surface area contributed by atoms with Crippen LogP contribution in [0.15, 0.2) is 18.2 Å². The fraction of sp³-hybridized carbons (Fsp3) is 0.500. The van der Waals surface area contributed by atoms with Crippen molar-refractivity contribution in [3.63, 3.8) is 0 Å². The van der Waals surface area contributed by atoms with Crippen LogP contribution in [0, 0.1) is 5.41 Å². The molecule has 0 amide bonds. The van der Waals surface area contributed by atoms with Gasteiger partial charge in [0, 0.05) is 5.69 Å². The fourth-order valence-corrected chi connectivity index (χ4v) is 1.41. The summed E-state index contributed by atoms with van der Waals surface area (Å²) in [6.45, 7) is 6.69. The van der Waals surface area contributed by atoms with Gasteiger partial charge >= 0.3 is 5.97 Å². The lowest BCUT2D eigenvalue weighted by Crippen LogP contribution is -2.14. The number of hydrogen-bond donors (Lipinski definition) is 1. The Morgan fingerprint density at radius 1 is 1.33 bits per heavy atom. The quantitative estimate of drug-likeness (QED) is 0.660. The van der Waals surface area contributed by atoms with E-state index in [4.69, 9.17) is 15.2 Å². The van der Waals surface area contributed by atoms with E-state index in [-0.39, 0.29) is 5.41 Å². The Balaban J connectivity index is 2.69. The third kappa shape index (κ3) is 4.28. The van der Waals surface area contributed by atoms with Gasteiger partial charge in [-0.2, -0.15) is 0 Å². The number of carbonyl (C=O) groups is 1. The predicted octanol–water partition coefficient (Wildman–Crippen LogP) is 2.87. The maximum Gasteiger partial charge on any atom is 0.341 e. The fourth-order valence-electron chi connectivity index (χ4n) is 1.41. The lowest BCUT2D eigenvalue weighted by atomic mass is 9.93. The topological polar surface area (TPSA) is 61.5 Å². The van der Waals surface area contributed by atoms with Crippen LogP contribution in [-0.4, -0.2) is 19.7 Å². The van der Waals surface area contributed by atoms with Gasteiger partial charge in [0.2, 0.25) is 0 Å². The largest absolute Gasteiger partial charge is 0.496 e. The minimum absolute atomic E-state index is 0.139. The Morgan fingerprint density at radius 2 is 2.00 bits per heavy atom. The highest BCUT2D eigenvalue weighted by Gasteiger charge is 2.16. The molecule has 0 heterocycles. The summed E-state index contributed by atoms with van der Waals surface area (Å²) >= 11 is 0. The van der Waals surface area contributed by atoms with Crippen molar-refractivity contribution in [2.24, 2.45) is 5.41 Å². The van der Waals surface area contributed by atoms with Crippen molar-refractivity contribution in [3.05, 3.63) is 23.8 Å². The Bertz CT molecular complexity index is 422. The first kappa shape index (κ1) is 14.4. The van der Waals surface area contributed by atoms with E-state index < -0.39 is 5.97 Å². The maximum atomic E-state index is 11.9. The van der Waals surface area contributed by atoms with Crippen LogP contribution in [-0.2, 0) is 4.74 Å². The zero-order chi connectivity index (χ0) is 13.8. The molecule has 0 spiro atoms. The van der Waals surface area contributed by atoms with E-state index in [0.29, 0.717) is 23.6 Å². The predicted molar refractivity (Wildman–Crippen MR) is 71.8 cm³/mol. The third-order valence-electron chi connectivity index (χ3n) is 2.53. The summed E-state index contributed by atoms with van der Waals surface area (Å²) in [4.78, 5) is 11.9. The summed E-state index contributed by atoms with van der Waals surface area (Å²) in [5.41, 5.74) is 6.67. The molecule has 0 fully saturated rings. The van der Waals surface area contributed by atoms with Crippen LogP contribution >= 0.6 is 0 Å². The smallest absolute Gasteiger partial charge is 0.341 e. The number of hydrogen-bond acceptors (Lipinski definition) is 4. The molecular formula is C14H21NO3. The average Bonchev–Trinajstić information content (AvgIpc) is 2.27. The van der Waals surface area contributed by atoms with E-state index in [9.17, 15) is 4.79 Å². The zero-order valence-electron chi connectivity index (χ0n) is 11.4. The van der Waals surface area contributed by atoms with Crippen LogP contribution in [0.3, 0.4) is 0 Å². The monoisotopic (exact) mass is 251 g/mol. The van der Waals surface area contributed by atoms with Crippen molar-refractivity contribution in [2.45, 2.75) is 27.2 Å². The second-order valence-electron chi connectivity index (χ2n) is 5.41. The van der Waals surface area contributed by atoms with Gasteiger partial charge in [-0.15, -0.1) is 0 Å². The van der Waals surface area contributed by atoms with Crippen molar-refractivity contribution in [1.82, 2.24) is 0 Å². The lowest BCUT2D eigenvalue weighted by molar-refractivity contribution is 0.0461. The standard InChI is InChI=1S/C14H21NO3/c1-14(2,3)7-8-18-13(16)11-9-10(15)5-6-12(11)17-4/h5-6,9H,7-8,15H2,1-4H3. The molecule has 1 aromatic rings. The van der Waals surface area contributed by atoms with Crippen LogP contribution in [0.25, 0.3) is 0 Å². The summed E-state index contributed by atoms with van der Waals surface area (Å²) in [6, 6.07) is 4.92. The Hall–Kier alpha value is -1.71. The molecule has 0 saturated carbocycles. The van der Waals surface area contributed by atoms with Crippen LogP contribution in [0.2, 0.25) is 0 Å². The maximum absolute atomic E-state index is 11.9. The molecule has 0 radical (unpaired) electrons. The van der Waals surface area contributed by atoms with E-state index in [1.807, 2.05) is 0 Å². The summed E-state index contributed by atoms with van der Waals surface area (Å²) in [7, 11) is 1.51. The molecule has 0 unspecified atom stereocenters. The molecule has 1 rings (SSSR count). The SMILES string of the molecule is COc1ccc(N)cc1C(=O)OCCC(C)(C)C. The molecule has 0 aliphatic carbocycles. The van der Waals surface area contributed by atoms with Crippen LogP contribution in [0.5, 0.6) is 5.75 Å². The lowest BCUT2D eigenvalue weighted by Gasteiger charge is -2.17. The number of anilines is 1. The molecule has 2 N–H and O–H groups in total. The van der Waals surface area contributed by atoms with Gasteiger partial charge in [0.15, 0.2) is 0 Å². The van der Waals surface area contributed by atoms with Gasteiger partial charge in [0.1, 0.15) is 11.3 Å². The minimum atomic E-state index is -0.400. The van der Waals surface area contributed by atoms with Gasteiger partial charge < -0.3 is 15.2 Å². The van der Waals surface area contributed by atoms with E-state index in [1.54, 1.807) is 18.2 Å². The molecule has 0 atom stereocenters. The van der Waals surface area contributed by atoms with E-state index >= 15 is 0 Å². The van der Waals surface area contributed by atoms with Gasteiger partial charge in [0.25, 0.3) is 0 Å². The Kier molecular flexibility index (Phi) is 4.59. The van der Waals surface area contributed by atoms with Gasteiger partial charge in [-0.1, -0.05) is 20.8 Å². The van der Waals surface area contributed by atoms with Gasteiger partial charge in [0.05, 0.1) is 13.7 Å². The average molecular weight is 251 g/mol. The molecular weight excluding hydrogens is 230 g/mol. The third-order valence-corrected chi connectivity index (χ3v) is 2.53. The molecule has 18 heavy (non-hydrogen) atoms. The number of rotatable bonds is 4. The molecule has 0 saturated heterocycles. The summed E-state index contributed by atoms with van der Waals surface area (Å²) in [6.07, 6.45) is 0.809. The van der Waals surface area contributed by atoms with Crippen molar-refractivity contribution in [3.8, 4) is 5.75 Å². The molecule has 4 nitrogen and oxygen atoms in total. The number of esters is 1. The highest BCUT2D eigenvalue weighted by atomic mass is 16.5. The summed E-state index contributed by atoms with van der Waals surface area (Å²) < 4.78 is 10.3. The second kappa shape index (κ2) is 5.76. The summed E-state index contributed by atoms with van der Waals surface area (Å²) in [5.74, 6) is 0.0772. The summed E-state index contributed by atoms with van der Waals surface area (Å²) in [5, 5.41) is 0. The minimum Gasteiger partial charge on any atom is -0.496 e. The second-order valence-corrected chi connectivity index (χ2v) is 5.41. The molecule has 0 aliphatic heterocycles. The number of nitrogen functional groups attached to an aromatic ring is 1. The molecule has 0 aliphatic rings. The normalized spacial score (nSPS) is 11.1. The van der Waals surface area contributed by atoms with E-state index in [1.165, 1.54) is 7.11 Å². The Morgan fingerprint density at radius 3 is 2.56 bits per heavy atom. The van der Waals surface area contributed by atoms with E-state index in [0.717, 1.165) is 6.42 Å². The molecule has 100 valence electrons.